The Balaban J connectivity index is 1.95. The third kappa shape index (κ3) is 2.34. The fourth-order valence-corrected chi connectivity index (χ4v) is 2.96. The predicted octanol–water partition coefficient (Wildman–Crippen LogP) is 1.58. The Labute approximate surface area is 119 Å². The van der Waals surface area contributed by atoms with Gasteiger partial charge in [0, 0.05) is 18.7 Å². The van der Waals surface area contributed by atoms with E-state index in [1.165, 1.54) is 16.7 Å². The molecule has 2 heterocycles. The summed E-state index contributed by atoms with van der Waals surface area (Å²) in [5.41, 5.74) is 3.80. The second kappa shape index (κ2) is 5.73. The lowest BCUT2D eigenvalue weighted by atomic mass is 9.98. The van der Waals surface area contributed by atoms with Crippen molar-refractivity contribution in [2.45, 2.75) is 26.2 Å². The summed E-state index contributed by atoms with van der Waals surface area (Å²) < 4.78 is 0. The van der Waals surface area contributed by atoms with Gasteiger partial charge in [-0.3, -0.25) is 10.2 Å². The summed E-state index contributed by atoms with van der Waals surface area (Å²) >= 11 is 0. The fourth-order valence-electron chi connectivity index (χ4n) is 2.96. The number of benzene rings is 1. The Morgan fingerprint density at radius 3 is 2.75 bits per heavy atom. The Morgan fingerprint density at radius 1 is 1.25 bits per heavy atom. The van der Waals surface area contributed by atoms with E-state index in [2.05, 4.69) is 57.6 Å². The molecule has 5 nitrogen and oxygen atoms in total. The van der Waals surface area contributed by atoms with Crippen molar-refractivity contribution in [3.63, 3.8) is 0 Å². The molecule has 0 amide bonds. The van der Waals surface area contributed by atoms with Crippen molar-refractivity contribution in [3.8, 4) is 0 Å². The van der Waals surface area contributed by atoms with Gasteiger partial charge in [0.1, 0.15) is 0 Å². The average Bonchev–Trinajstić information content (AvgIpc) is 2.96. The normalized spacial score (nSPS) is 23.2. The van der Waals surface area contributed by atoms with Crippen LogP contribution in [0.25, 0.3) is 0 Å². The first-order valence-corrected chi connectivity index (χ1v) is 7.17. The van der Waals surface area contributed by atoms with E-state index in [1.807, 2.05) is 0 Å². The SMILES string of the molecule is CCN1CCNC1c1cccc(C2N=CNC=N2)c1C. The highest BCUT2D eigenvalue weighted by Crippen LogP contribution is 2.30. The molecule has 1 aromatic rings. The van der Waals surface area contributed by atoms with Crippen molar-refractivity contribution >= 4 is 12.7 Å². The molecule has 1 unspecified atom stereocenters. The summed E-state index contributed by atoms with van der Waals surface area (Å²) in [6.45, 7) is 7.59. The highest BCUT2D eigenvalue weighted by atomic mass is 15.3. The van der Waals surface area contributed by atoms with Crippen molar-refractivity contribution in [1.82, 2.24) is 15.5 Å². The fraction of sp³-hybridized carbons (Fsp3) is 0.467. The second-order valence-corrected chi connectivity index (χ2v) is 5.14. The first kappa shape index (κ1) is 13.3. The van der Waals surface area contributed by atoms with E-state index in [0.717, 1.165) is 19.6 Å². The number of nitrogens with one attached hydrogen (secondary N) is 2. The lowest BCUT2D eigenvalue weighted by Crippen LogP contribution is -2.28. The van der Waals surface area contributed by atoms with Crippen molar-refractivity contribution in [2.24, 2.45) is 9.98 Å². The van der Waals surface area contributed by atoms with Gasteiger partial charge in [-0.05, 0) is 24.6 Å². The summed E-state index contributed by atoms with van der Waals surface area (Å²) in [6, 6.07) is 6.44. The van der Waals surface area contributed by atoms with E-state index < -0.39 is 0 Å². The third-order valence-electron chi connectivity index (χ3n) is 4.08. The molecule has 0 aromatic heterocycles. The van der Waals surface area contributed by atoms with E-state index in [0.29, 0.717) is 6.17 Å². The Kier molecular flexibility index (Phi) is 3.80. The first-order valence-electron chi connectivity index (χ1n) is 7.17. The Hall–Kier alpha value is -1.72. The van der Waals surface area contributed by atoms with Crippen molar-refractivity contribution < 1.29 is 0 Å². The maximum absolute atomic E-state index is 4.40. The van der Waals surface area contributed by atoms with Crippen LogP contribution in [0.1, 0.15) is 35.9 Å². The van der Waals surface area contributed by atoms with Gasteiger partial charge in [0.25, 0.3) is 0 Å². The minimum Gasteiger partial charge on any atom is -0.338 e. The van der Waals surface area contributed by atoms with Gasteiger partial charge in [-0.25, -0.2) is 9.98 Å². The van der Waals surface area contributed by atoms with Gasteiger partial charge in [0.15, 0.2) is 6.17 Å². The van der Waals surface area contributed by atoms with Gasteiger partial charge in [0.05, 0.1) is 18.8 Å². The smallest absolute Gasteiger partial charge is 0.168 e. The van der Waals surface area contributed by atoms with E-state index in [4.69, 9.17) is 0 Å². The molecule has 0 bridgehead atoms. The van der Waals surface area contributed by atoms with Crippen LogP contribution in [0.4, 0.5) is 0 Å². The van der Waals surface area contributed by atoms with Crippen LogP contribution >= 0.6 is 0 Å². The lowest BCUT2D eigenvalue weighted by molar-refractivity contribution is 0.257. The maximum atomic E-state index is 4.40. The topological polar surface area (TPSA) is 52.0 Å². The molecule has 2 N–H and O–H groups in total. The van der Waals surface area contributed by atoms with Crippen LogP contribution in [0.2, 0.25) is 0 Å². The van der Waals surface area contributed by atoms with Gasteiger partial charge in [-0.1, -0.05) is 25.1 Å². The minimum absolute atomic E-state index is 0.118. The van der Waals surface area contributed by atoms with Crippen molar-refractivity contribution in [2.75, 3.05) is 19.6 Å². The largest absolute Gasteiger partial charge is 0.338 e. The molecule has 5 heteroatoms. The highest BCUT2D eigenvalue weighted by Gasteiger charge is 2.26. The van der Waals surface area contributed by atoms with Gasteiger partial charge in [-0.15, -0.1) is 0 Å². The third-order valence-corrected chi connectivity index (χ3v) is 4.08. The zero-order valence-electron chi connectivity index (χ0n) is 12.0. The van der Waals surface area contributed by atoms with Crippen LogP contribution in [0.3, 0.4) is 0 Å². The molecule has 1 aromatic carbocycles. The Morgan fingerprint density at radius 2 is 2.00 bits per heavy atom. The predicted molar refractivity (Wildman–Crippen MR) is 82.0 cm³/mol. The van der Waals surface area contributed by atoms with Gasteiger partial charge >= 0.3 is 0 Å². The summed E-state index contributed by atoms with van der Waals surface area (Å²) in [6.07, 6.45) is 3.61. The standard InChI is InChI=1S/C15H21N5/c1-3-20-8-7-17-15(20)13-6-4-5-12(11(13)2)14-18-9-16-10-19-14/h4-6,9-10,14-15,17H,3,7-8H2,1-2H3,(H,16,18,19). The summed E-state index contributed by atoms with van der Waals surface area (Å²) in [7, 11) is 0. The average molecular weight is 271 g/mol. The molecule has 1 atom stereocenters. The zero-order chi connectivity index (χ0) is 13.9. The number of hydrogen-bond donors (Lipinski definition) is 2. The summed E-state index contributed by atoms with van der Waals surface area (Å²) in [4.78, 5) is 11.3. The molecule has 0 spiro atoms. The molecule has 1 saturated heterocycles. The molecule has 2 aliphatic heterocycles. The number of likely N-dealkylation sites (N-methyl/N-ethyl adjacent to an activating group) is 1. The van der Waals surface area contributed by atoms with Crippen LogP contribution in [0.5, 0.6) is 0 Å². The molecule has 0 aliphatic carbocycles. The van der Waals surface area contributed by atoms with Crippen molar-refractivity contribution in [3.05, 3.63) is 34.9 Å². The molecule has 106 valence electrons. The van der Waals surface area contributed by atoms with Gasteiger partial charge < -0.3 is 5.32 Å². The first-order chi connectivity index (χ1) is 9.81. The molecule has 3 rings (SSSR count). The monoisotopic (exact) mass is 271 g/mol. The number of rotatable bonds is 3. The van der Waals surface area contributed by atoms with Gasteiger partial charge in [-0.2, -0.15) is 0 Å². The van der Waals surface area contributed by atoms with Gasteiger partial charge in [0.2, 0.25) is 0 Å². The molecule has 2 aliphatic rings. The summed E-state index contributed by atoms with van der Waals surface area (Å²) in [5.74, 6) is 0. The van der Waals surface area contributed by atoms with Crippen LogP contribution in [0, 0.1) is 6.92 Å². The molecule has 0 radical (unpaired) electrons. The second-order valence-electron chi connectivity index (χ2n) is 5.14. The van der Waals surface area contributed by atoms with E-state index >= 15 is 0 Å². The molecule has 20 heavy (non-hydrogen) atoms. The number of hydrogen-bond acceptors (Lipinski definition) is 5. The van der Waals surface area contributed by atoms with E-state index in [9.17, 15) is 0 Å². The van der Waals surface area contributed by atoms with Crippen LogP contribution < -0.4 is 10.6 Å². The van der Waals surface area contributed by atoms with Crippen LogP contribution in [0.15, 0.2) is 28.2 Å². The van der Waals surface area contributed by atoms with Crippen molar-refractivity contribution in [1.29, 1.82) is 0 Å². The molecule has 0 saturated carbocycles. The highest BCUT2D eigenvalue weighted by molar-refractivity contribution is 5.77. The zero-order valence-corrected chi connectivity index (χ0v) is 12.0. The van der Waals surface area contributed by atoms with E-state index in [1.54, 1.807) is 12.7 Å². The molecular formula is C15H21N5. The molecular weight excluding hydrogens is 250 g/mol. The number of aliphatic imine (C=N–C) groups is 2. The lowest BCUT2D eigenvalue weighted by Gasteiger charge is -2.26. The van der Waals surface area contributed by atoms with Crippen LogP contribution in [-0.2, 0) is 0 Å². The van der Waals surface area contributed by atoms with Crippen LogP contribution in [-0.4, -0.2) is 37.2 Å². The molecule has 1 fully saturated rings. The van der Waals surface area contributed by atoms with E-state index in [-0.39, 0.29) is 6.17 Å². The quantitative estimate of drug-likeness (QED) is 0.877. The number of nitrogens with zero attached hydrogens (tertiary/aromatic N) is 3. The summed E-state index contributed by atoms with van der Waals surface area (Å²) in [5, 5.41) is 6.47. The Bertz CT molecular complexity index is 525. The minimum atomic E-state index is -0.118. The maximum Gasteiger partial charge on any atom is 0.168 e.